The molecule has 0 spiro atoms. The highest BCUT2D eigenvalue weighted by Crippen LogP contribution is 2.34. The van der Waals surface area contributed by atoms with Gasteiger partial charge in [-0.2, -0.15) is 13.2 Å². The maximum absolute atomic E-state index is 13.0. The zero-order valence-electron chi connectivity index (χ0n) is 12.4. The molecule has 0 aliphatic rings. The van der Waals surface area contributed by atoms with Crippen LogP contribution >= 0.6 is 0 Å². The molecule has 1 aromatic heterocycles. The van der Waals surface area contributed by atoms with Crippen LogP contribution in [0.5, 0.6) is 0 Å². The number of ketones is 1. The smallest absolute Gasteiger partial charge is 0.363 e. The largest absolute Gasteiger partial charge is 0.416 e. The third-order valence-electron chi connectivity index (χ3n) is 3.16. The number of carbonyl (C=O) groups excluding carboxylic acids is 1. The second-order valence-electron chi connectivity index (χ2n) is 5.13. The molecule has 0 aliphatic carbocycles. The van der Waals surface area contributed by atoms with Crippen molar-refractivity contribution in [1.82, 2.24) is 4.98 Å². The van der Waals surface area contributed by atoms with Gasteiger partial charge in [0.15, 0.2) is 5.78 Å². The molecule has 0 N–H and O–H groups in total. The monoisotopic (exact) mass is 308 g/mol. The molecular formula is C16H15F3N2O. The standard InChI is InChI=1S/C16H15F3N2O/c1-10(22)11-5-4-6-12(7-11)14-8-13(16(17,18)19)9-15(20-14)21(2)3/h4-9H,1-3H3. The summed E-state index contributed by atoms with van der Waals surface area (Å²) in [7, 11) is 3.25. The van der Waals surface area contributed by atoms with Crippen LogP contribution in [-0.2, 0) is 6.18 Å². The number of aromatic nitrogens is 1. The van der Waals surface area contributed by atoms with Crippen LogP contribution in [0.15, 0.2) is 36.4 Å². The van der Waals surface area contributed by atoms with Gasteiger partial charge in [0, 0.05) is 25.2 Å². The van der Waals surface area contributed by atoms with E-state index in [1.807, 2.05) is 0 Å². The summed E-state index contributed by atoms with van der Waals surface area (Å²) in [5.74, 6) is 0.0553. The summed E-state index contributed by atoms with van der Waals surface area (Å²) in [6, 6.07) is 8.42. The highest BCUT2D eigenvalue weighted by atomic mass is 19.4. The average molecular weight is 308 g/mol. The number of carbonyl (C=O) groups is 1. The van der Waals surface area contributed by atoms with E-state index in [1.54, 1.807) is 38.4 Å². The van der Waals surface area contributed by atoms with Crippen molar-refractivity contribution >= 4 is 11.6 Å². The van der Waals surface area contributed by atoms with E-state index in [0.717, 1.165) is 12.1 Å². The maximum atomic E-state index is 13.0. The van der Waals surface area contributed by atoms with E-state index in [-0.39, 0.29) is 17.3 Å². The topological polar surface area (TPSA) is 33.2 Å². The molecule has 0 radical (unpaired) electrons. The van der Waals surface area contributed by atoms with Crippen LogP contribution < -0.4 is 4.90 Å². The van der Waals surface area contributed by atoms with Crippen LogP contribution in [0.4, 0.5) is 19.0 Å². The first-order chi connectivity index (χ1) is 10.2. The van der Waals surface area contributed by atoms with Crippen molar-refractivity contribution in [2.75, 3.05) is 19.0 Å². The number of benzene rings is 1. The lowest BCUT2D eigenvalue weighted by molar-refractivity contribution is -0.137. The highest BCUT2D eigenvalue weighted by Gasteiger charge is 2.32. The Bertz CT molecular complexity index is 709. The van der Waals surface area contributed by atoms with Crippen molar-refractivity contribution in [3.8, 4) is 11.3 Å². The van der Waals surface area contributed by atoms with Crippen molar-refractivity contribution in [3.63, 3.8) is 0 Å². The molecule has 1 heterocycles. The average Bonchev–Trinajstić information content (AvgIpc) is 2.46. The third kappa shape index (κ3) is 3.44. The van der Waals surface area contributed by atoms with Gasteiger partial charge in [-0.3, -0.25) is 4.79 Å². The van der Waals surface area contributed by atoms with Crippen molar-refractivity contribution < 1.29 is 18.0 Å². The summed E-state index contributed by atoms with van der Waals surface area (Å²) in [5, 5.41) is 0. The molecule has 0 atom stereocenters. The summed E-state index contributed by atoms with van der Waals surface area (Å²) in [6.07, 6.45) is -4.46. The van der Waals surface area contributed by atoms with Crippen LogP contribution in [0.3, 0.4) is 0 Å². The molecule has 2 rings (SSSR count). The Balaban J connectivity index is 2.62. The molecule has 0 unspecified atom stereocenters. The molecule has 3 nitrogen and oxygen atoms in total. The Morgan fingerprint density at radius 1 is 1.14 bits per heavy atom. The molecule has 2 aromatic rings. The van der Waals surface area contributed by atoms with Crippen LogP contribution in [0.25, 0.3) is 11.3 Å². The van der Waals surface area contributed by atoms with Gasteiger partial charge in [0.25, 0.3) is 0 Å². The molecule has 0 amide bonds. The fourth-order valence-corrected chi connectivity index (χ4v) is 1.95. The Hall–Kier alpha value is -2.37. The molecule has 0 fully saturated rings. The molecule has 6 heteroatoms. The van der Waals surface area contributed by atoms with E-state index < -0.39 is 11.7 Å². The van der Waals surface area contributed by atoms with Gasteiger partial charge in [-0.25, -0.2) is 4.98 Å². The normalized spacial score (nSPS) is 11.4. The van der Waals surface area contributed by atoms with E-state index >= 15 is 0 Å². The molecule has 1 aromatic carbocycles. The Labute approximate surface area is 126 Å². The lowest BCUT2D eigenvalue weighted by Gasteiger charge is -2.16. The first-order valence-electron chi connectivity index (χ1n) is 6.56. The number of rotatable bonds is 3. The van der Waals surface area contributed by atoms with Crippen LogP contribution in [0.2, 0.25) is 0 Å². The summed E-state index contributed by atoms with van der Waals surface area (Å²) in [5.41, 5.74) is 0.320. The van der Waals surface area contributed by atoms with Crippen LogP contribution in [-0.4, -0.2) is 24.9 Å². The number of nitrogens with zero attached hydrogens (tertiary/aromatic N) is 2. The van der Waals surface area contributed by atoms with Gasteiger partial charge in [0.1, 0.15) is 5.82 Å². The second-order valence-corrected chi connectivity index (χ2v) is 5.13. The van der Waals surface area contributed by atoms with E-state index in [1.165, 1.54) is 11.8 Å². The van der Waals surface area contributed by atoms with Gasteiger partial charge in [0.05, 0.1) is 11.3 Å². The molecule has 0 aliphatic heterocycles. The minimum Gasteiger partial charge on any atom is -0.363 e. The van der Waals surface area contributed by atoms with E-state index in [9.17, 15) is 18.0 Å². The Kier molecular flexibility index (Phi) is 4.21. The lowest BCUT2D eigenvalue weighted by atomic mass is 10.0. The molecule has 0 saturated carbocycles. The van der Waals surface area contributed by atoms with Crippen LogP contribution in [0.1, 0.15) is 22.8 Å². The van der Waals surface area contributed by atoms with E-state index in [0.29, 0.717) is 11.1 Å². The first kappa shape index (κ1) is 16.0. The summed E-state index contributed by atoms with van der Waals surface area (Å²) in [4.78, 5) is 17.2. The Morgan fingerprint density at radius 2 is 1.82 bits per heavy atom. The molecule has 0 saturated heterocycles. The van der Waals surface area contributed by atoms with Gasteiger partial charge in [-0.05, 0) is 25.1 Å². The summed E-state index contributed by atoms with van der Waals surface area (Å²) >= 11 is 0. The van der Waals surface area contributed by atoms with E-state index in [4.69, 9.17) is 0 Å². The van der Waals surface area contributed by atoms with Gasteiger partial charge in [-0.15, -0.1) is 0 Å². The van der Waals surface area contributed by atoms with Crippen molar-refractivity contribution in [3.05, 3.63) is 47.5 Å². The lowest BCUT2D eigenvalue weighted by Crippen LogP contribution is -2.14. The quantitative estimate of drug-likeness (QED) is 0.802. The summed E-state index contributed by atoms with van der Waals surface area (Å²) in [6.45, 7) is 1.41. The molecule has 116 valence electrons. The van der Waals surface area contributed by atoms with Crippen molar-refractivity contribution in [2.45, 2.75) is 13.1 Å². The minimum atomic E-state index is -4.46. The van der Waals surface area contributed by atoms with Gasteiger partial charge < -0.3 is 4.90 Å². The number of anilines is 1. The highest BCUT2D eigenvalue weighted by molar-refractivity contribution is 5.95. The van der Waals surface area contributed by atoms with Gasteiger partial charge in [-0.1, -0.05) is 18.2 Å². The first-order valence-corrected chi connectivity index (χ1v) is 6.56. The molecular weight excluding hydrogens is 293 g/mol. The van der Waals surface area contributed by atoms with Gasteiger partial charge >= 0.3 is 6.18 Å². The molecule has 22 heavy (non-hydrogen) atoms. The van der Waals surface area contributed by atoms with Crippen LogP contribution in [0, 0.1) is 0 Å². The zero-order valence-corrected chi connectivity index (χ0v) is 12.4. The zero-order chi connectivity index (χ0) is 16.5. The second kappa shape index (κ2) is 5.79. The SMILES string of the molecule is CC(=O)c1cccc(-c2cc(C(F)(F)F)cc(N(C)C)n2)c1. The van der Waals surface area contributed by atoms with Crippen molar-refractivity contribution in [1.29, 1.82) is 0 Å². The number of hydrogen-bond acceptors (Lipinski definition) is 3. The summed E-state index contributed by atoms with van der Waals surface area (Å²) < 4.78 is 39.1. The number of Topliss-reactive ketones (excluding diaryl/α,β-unsaturated/α-hetero) is 1. The van der Waals surface area contributed by atoms with E-state index in [2.05, 4.69) is 4.98 Å². The predicted octanol–water partition coefficient (Wildman–Crippen LogP) is 4.04. The maximum Gasteiger partial charge on any atom is 0.416 e. The minimum absolute atomic E-state index is 0.151. The van der Waals surface area contributed by atoms with Gasteiger partial charge in [0.2, 0.25) is 0 Å². The number of alkyl halides is 3. The predicted molar refractivity (Wildman–Crippen MR) is 79.0 cm³/mol. The number of hydrogen-bond donors (Lipinski definition) is 0. The third-order valence-corrected chi connectivity index (χ3v) is 3.16. The molecule has 0 bridgehead atoms. The fourth-order valence-electron chi connectivity index (χ4n) is 1.95. The van der Waals surface area contributed by atoms with Crippen molar-refractivity contribution in [2.24, 2.45) is 0 Å². The fraction of sp³-hybridized carbons (Fsp3) is 0.250. The Morgan fingerprint density at radius 3 is 2.36 bits per heavy atom. The number of pyridine rings is 1. The number of halogens is 3.